The average Bonchev–Trinajstić information content (AvgIpc) is 2.40. The molecular formula is C17H35N3. The minimum atomic E-state index is 0.415. The van der Waals surface area contributed by atoms with Crippen LogP contribution in [0.15, 0.2) is 0 Å². The van der Waals surface area contributed by atoms with Crippen molar-refractivity contribution < 1.29 is 0 Å². The molecule has 0 aromatic carbocycles. The van der Waals surface area contributed by atoms with Crippen LogP contribution in [0.4, 0.5) is 0 Å². The molecule has 0 spiro atoms. The van der Waals surface area contributed by atoms with Crippen molar-refractivity contribution in [3.63, 3.8) is 0 Å². The molecule has 1 saturated heterocycles. The fraction of sp³-hybridized carbons (Fsp3) is 1.00. The van der Waals surface area contributed by atoms with Gasteiger partial charge in [-0.1, -0.05) is 33.6 Å². The summed E-state index contributed by atoms with van der Waals surface area (Å²) in [6.45, 7) is 15.4. The molecule has 2 atom stereocenters. The highest BCUT2D eigenvalue weighted by Crippen LogP contribution is 2.39. The Morgan fingerprint density at radius 2 is 1.80 bits per heavy atom. The summed E-state index contributed by atoms with van der Waals surface area (Å²) in [5.74, 6) is 1.66. The van der Waals surface area contributed by atoms with Crippen molar-refractivity contribution in [1.29, 1.82) is 0 Å². The van der Waals surface area contributed by atoms with Gasteiger partial charge in [-0.15, -0.1) is 0 Å². The van der Waals surface area contributed by atoms with Crippen molar-refractivity contribution in [2.45, 2.75) is 46.5 Å². The number of hydrogen-bond donors (Lipinski definition) is 1. The summed E-state index contributed by atoms with van der Waals surface area (Å²) in [6.07, 6.45) is 5.48. The summed E-state index contributed by atoms with van der Waals surface area (Å²) in [6, 6.07) is 0. The number of nitrogens with two attached hydrogens (primary N) is 1. The van der Waals surface area contributed by atoms with Crippen LogP contribution < -0.4 is 5.73 Å². The van der Waals surface area contributed by atoms with E-state index in [4.69, 9.17) is 5.73 Å². The normalized spacial score (nSPS) is 33.8. The zero-order valence-corrected chi connectivity index (χ0v) is 13.9. The third-order valence-corrected chi connectivity index (χ3v) is 5.27. The van der Waals surface area contributed by atoms with Crippen LogP contribution in [-0.4, -0.2) is 55.6 Å². The molecule has 0 aromatic heterocycles. The molecule has 0 bridgehead atoms. The van der Waals surface area contributed by atoms with E-state index in [0.29, 0.717) is 5.41 Å². The zero-order valence-electron chi connectivity index (χ0n) is 13.9. The third kappa shape index (κ3) is 4.44. The lowest BCUT2D eigenvalue weighted by Gasteiger charge is -2.45. The van der Waals surface area contributed by atoms with E-state index in [1.165, 1.54) is 65.0 Å². The SMILES string of the molecule is CC(C)CN1CCN(CC2(CN)CCCC(C)C2)CC1. The molecule has 0 radical (unpaired) electrons. The van der Waals surface area contributed by atoms with Gasteiger partial charge in [-0.25, -0.2) is 0 Å². The first-order valence-electron chi connectivity index (χ1n) is 8.68. The van der Waals surface area contributed by atoms with Crippen LogP contribution in [0.25, 0.3) is 0 Å². The summed E-state index contributed by atoms with van der Waals surface area (Å²) in [5.41, 5.74) is 6.59. The van der Waals surface area contributed by atoms with Gasteiger partial charge in [0.2, 0.25) is 0 Å². The minimum Gasteiger partial charge on any atom is -0.330 e. The molecule has 118 valence electrons. The molecule has 0 aromatic rings. The number of piperazine rings is 1. The monoisotopic (exact) mass is 281 g/mol. The fourth-order valence-corrected chi connectivity index (χ4v) is 4.28. The van der Waals surface area contributed by atoms with Gasteiger partial charge < -0.3 is 15.5 Å². The van der Waals surface area contributed by atoms with Crippen LogP contribution in [0.5, 0.6) is 0 Å². The molecule has 1 aliphatic carbocycles. The Labute approximate surface area is 125 Å². The van der Waals surface area contributed by atoms with Gasteiger partial charge in [0.25, 0.3) is 0 Å². The van der Waals surface area contributed by atoms with E-state index in [1.54, 1.807) is 0 Å². The second kappa shape index (κ2) is 7.24. The maximum atomic E-state index is 6.17. The Morgan fingerprint density at radius 3 is 2.35 bits per heavy atom. The molecule has 20 heavy (non-hydrogen) atoms. The maximum absolute atomic E-state index is 6.17. The van der Waals surface area contributed by atoms with Crippen LogP contribution in [0.3, 0.4) is 0 Å². The van der Waals surface area contributed by atoms with Gasteiger partial charge >= 0.3 is 0 Å². The van der Waals surface area contributed by atoms with Crippen molar-refractivity contribution in [2.24, 2.45) is 23.0 Å². The predicted molar refractivity (Wildman–Crippen MR) is 86.8 cm³/mol. The van der Waals surface area contributed by atoms with Gasteiger partial charge in [-0.3, -0.25) is 0 Å². The highest BCUT2D eigenvalue weighted by molar-refractivity contribution is 4.90. The minimum absolute atomic E-state index is 0.415. The average molecular weight is 281 g/mol. The Hall–Kier alpha value is -0.120. The van der Waals surface area contributed by atoms with Crippen LogP contribution in [0.2, 0.25) is 0 Å². The van der Waals surface area contributed by atoms with Gasteiger partial charge in [0.1, 0.15) is 0 Å². The quantitative estimate of drug-likeness (QED) is 0.840. The molecule has 2 aliphatic rings. The number of nitrogens with zero attached hydrogens (tertiary/aromatic N) is 2. The van der Waals surface area contributed by atoms with E-state index in [2.05, 4.69) is 30.6 Å². The van der Waals surface area contributed by atoms with Gasteiger partial charge in [0, 0.05) is 39.3 Å². The van der Waals surface area contributed by atoms with E-state index in [0.717, 1.165) is 18.4 Å². The summed E-state index contributed by atoms with van der Waals surface area (Å²) in [5, 5.41) is 0. The summed E-state index contributed by atoms with van der Waals surface area (Å²) < 4.78 is 0. The topological polar surface area (TPSA) is 32.5 Å². The zero-order chi connectivity index (χ0) is 14.6. The summed E-state index contributed by atoms with van der Waals surface area (Å²) in [4.78, 5) is 5.31. The fourth-order valence-electron chi connectivity index (χ4n) is 4.28. The molecule has 1 heterocycles. The molecule has 2 rings (SSSR count). The molecular weight excluding hydrogens is 246 g/mol. The molecule has 2 unspecified atom stereocenters. The van der Waals surface area contributed by atoms with Crippen molar-refractivity contribution >= 4 is 0 Å². The highest BCUT2D eigenvalue weighted by Gasteiger charge is 2.35. The summed E-state index contributed by atoms with van der Waals surface area (Å²) in [7, 11) is 0. The van der Waals surface area contributed by atoms with E-state index >= 15 is 0 Å². The third-order valence-electron chi connectivity index (χ3n) is 5.27. The Morgan fingerprint density at radius 1 is 1.15 bits per heavy atom. The van der Waals surface area contributed by atoms with Crippen LogP contribution in [0, 0.1) is 17.3 Å². The van der Waals surface area contributed by atoms with Crippen molar-refractivity contribution in [1.82, 2.24) is 9.80 Å². The first-order valence-corrected chi connectivity index (χ1v) is 8.68. The highest BCUT2D eigenvalue weighted by atomic mass is 15.3. The molecule has 2 fully saturated rings. The smallest absolute Gasteiger partial charge is 0.0110 e. The molecule has 3 nitrogen and oxygen atoms in total. The Bertz CT molecular complexity index is 284. The van der Waals surface area contributed by atoms with Crippen LogP contribution in [0.1, 0.15) is 46.5 Å². The van der Waals surface area contributed by atoms with Gasteiger partial charge in [0.05, 0.1) is 0 Å². The second-order valence-corrected chi connectivity index (χ2v) is 7.88. The Balaban J connectivity index is 1.81. The molecule has 0 amide bonds. The molecule has 1 aliphatic heterocycles. The summed E-state index contributed by atoms with van der Waals surface area (Å²) >= 11 is 0. The standard InChI is InChI=1S/C17H35N3/c1-15(2)12-19-7-9-20(10-8-19)14-17(13-18)6-4-5-16(3)11-17/h15-16H,4-14,18H2,1-3H3. The van der Waals surface area contributed by atoms with E-state index in [-0.39, 0.29) is 0 Å². The van der Waals surface area contributed by atoms with Gasteiger partial charge in [-0.05, 0) is 36.6 Å². The van der Waals surface area contributed by atoms with Crippen molar-refractivity contribution in [3.8, 4) is 0 Å². The van der Waals surface area contributed by atoms with Gasteiger partial charge in [-0.2, -0.15) is 0 Å². The van der Waals surface area contributed by atoms with Gasteiger partial charge in [0.15, 0.2) is 0 Å². The van der Waals surface area contributed by atoms with Crippen LogP contribution in [-0.2, 0) is 0 Å². The largest absolute Gasteiger partial charge is 0.330 e. The van der Waals surface area contributed by atoms with E-state index in [1.807, 2.05) is 0 Å². The van der Waals surface area contributed by atoms with E-state index in [9.17, 15) is 0 Å². The van der Waals surface area contributed by atoms with Crippen molar-refractivity contribution in [2.75, 3.05) is 45.8 Å². The lowest BCUT2D eigenvalue weighted by atomic mass is 9.69. The number of hydrogen-bond acceptors (Lipinski definition) is 3. The first kappa shape index (κ1) is 16.3. The lowest BCUT2D eigenvalue weighted by molar-refractivity contribution is 0.0515. The molecule has 3 heteroatoms. The molecule has 1 saturated carbocycles. The van der Waals surface area contributed by atoms with Crippen LogP contribution >= 0.6 is 0 Å². The first-order chi connectivity index (χ1) is 9.53. The Kier molecular flexibility index (Phi) is 5.88. The maximum Gasteiger partial charge on any atom is 0.0110 e. The van der Waals surface area contributed by atoms with Crippen molar-refractivity contribution in [3.05, 3.63) is 0 Å². The van der Waals surface area contributed by atoms with E-state index < -0.39 is 0 Å². The second-order valence-electron chi connectivity index (χ2n) is 7.88. The molecule has 2 N–H and O–H groups in total. The lowest BCUT2D eigenvalue weighted by Crippen LogP contribution is -2.52. The predicted octanol–water partition coefficient (Wildman–Crippen LogP) is 2.42. The number of rotatable bonds is 5.